The number of nitrogens with zero attached hydrogens (tertiary/aromatic N) is 2. The molecule has 132 valence electrons. The highest BCUT2D eigenvalue weighted by atomic mass is 16.7. The molecular weight excluding hydrogens is 332 g/mol. The summed E-state index contributed by atoms with van der Waals surface area (Å²) in [5.41, 5.74) is 2.73. The van der Waals surface area contributed by atoms with Crippen LogP contribution in [0, 0.1) is 0 Å². The summed E-state index contributed by atoms with van der Waals surface area (Å²) in [5.74, 6) is -0.448. The smallest absolute Gasteiger partial charge is 0.335 e. The van der Waals surface area contributed by atoms with Gasteiger partial charge in [-0.05, 0) is 17.7 Å². The zero-order valence-electron chi connectivity index (χ0n) is 14.1. The van der Waals surface area contributed by atoms with Gasteiger partial charge >= 0.3 is 5.97 Å². The summed E-state index contributed by atoms with van der Waals surface area (Å²) >= 11 is 0. The number of hydrogen-bond donors (Lipinski definition) is 1. The van der Waals surface area contributed by atoms with Crippen LogP contribution in [-0.4, -0.2) is 34.0 Å². The lowest BCUT2D eigenvalue weighted by Crippen LogP contribution is -2.17. The molecule has 0 radical (unpaired) electrons. The van der Waals surface area contributed by atoms with Crippen LogP contribution in [0.4, 0.5) is 0 Å². The van der Waals surface area contributed by atoms with Crippen LogP contribution in [0.5, 0.6) is 0 Å². The van der Waals surface area contributed by atoms with Crippen LogP contribution in [0.1, 0.15) is 5.56 Å². The van der Waals surface area contributed by atoms with Crippen molar-refractivity contribution in [1.82, 2.24) is 9.71 Å². The van der Waals surface area contributed by atoms with Crippen molar-refractivity contribution in [1.29, 1.82) is 0 Å². The van der Waals surface area contributed by atoms with Gasteiger partial charge in [-0.15, -0.1) is 0 Å². The van der Waals surface area contributed by atoms with E-state index in [4.69, 9.17) is 9.57 Å². The van der Waals surface area contributed by atoms with E-state index in [0.717, 1.165) is 5.56 Å². The normalized spacial score (nSPS) is 10.5. The molecule has 0 spiro atoms. The highest BCUT2D eigenvalue weighted by Gasteiger charge is 2.16. The SMILES string of the molecule is C=COCCOn1c(-c2ccccc2)nc2ccc(C(=C)C(=O)O)cc21. The maximum absolute atomic E-state index is 11.2. The second-order valence-corrected chi connectivity index (χ2v) is 5.45. The van der Waals surface area contributed by atoms with Crippen molar-refractivity contribution in [2.45, 2.75) is 0 Å². The van der Waals surface area contributed by atoms with Gasteiger partial charge in [0.05, 0.1) is 17.4 Å². The van der Waals surface area contributed by atoms with E-state index in [1.54, 1.807) is 22.9 Å². The number of rotatable bonds is 8. The lowest BCUT2D eigenvalue weighted by atomic mass is 10.1. The van der Waals surface area contributed by atoms with Gasteiger partial charge in [0.25, 0.3) is 0 Å². The fraction of sp³-hybridized carbons (Fsp3) is 0.100. The number of carboxylic acid groups (broad SMARTS) is 1. The van der Waals surface area contributed by atoms with Gasteiger partial charge in [-0.25, -0.2) is 9.78 Å². The summed E-state index contributed by atoms with van der Waals surface area (Å²) in [7, 11) is 0. The van der Waals surface area contributed by atoms with E-state index in [1.807, 2.05) is 30.3 Å². The average Bonchev–Trinajstić information content (AvgIpc) is 3.03. The Balaban J connectivity index is 2.08. The zero-order chi connectivity index (χ0) is 18.5. The first kappa shape index (κ1) is 17.3. The number of carbonyl (C=O) groups is 1. The number of benzene rings is 2. The molecule has 0 aliphatic rings. The molecule has 2 aromatic carbocycles. The van der Waals surface area contributed by atoms with Crippen LogP contribution in [0.2, 0.25) is 0 Å². The fourth-order valence-electron chi connectivity index (χ4n) is 2.53. The van der Waals surface area contributed by atoms with Crippen molar-refractivity contribution >= 4 is 22.6 Å². The minimum atomic E-state index is -1.07. The molecule has 0 saturated carbocycles. The first-order valence-corrected chi connectivity index (χ1v) is 7.98. The third kappa shape index (κ3) is 3.44. The maximum Gasteiger partial charge on any atom is 0.335 e. The molecular formula is C20H18N2O4. The van der Waals surface area contributed by atoms with Gasteiger partial charge in [-0.2, -0.15) is 4.73 Å². The van der Waals surface area contributed by atoms with Gasteiger partial charge in [0.15, 0.2) is 5.82 Å². The average molecular weight is 350 g/mol. The molecule has 1 heterocycles. The van der Waals surface area contributed by atoms with E-state index in [-0.39, 0.29) is 12.2 Å². The quantitative estimate of drug-likeness (QED) is 0.383. The molecule has 0 amide bonds. The van der Waals surface area contributed by atoms with Crippen molar-refractivity contribution in [3.05, 3.63) is 73.5 Å². The Kier molecular flexibility index (Phi) is 5.03. The zero-order valence-corrected chi connectivity index (χ0v) is 14.1. The van der Waals surface area contributed by atoms with Crippen LogP contribution in [-0.2, 0) is 9.53 Å². The van der Waals surface area contributed by atoms with Crippen LogP contribution in [0.15, 0.2) is 68.0 Å². The molecule has 0 unspecified atom stereocenters. The lowest BCUT2D eigenvalue weighted by Gasteiger charge is -2.11. The van der Waals surface area contributed by atoms with Crippen molar-refractivity contribution in [2.24, 2.45) is 0 Å². The first-order valence-electron chi connectivity index (χ1n) is 7.98. The highest BCUT2D eigenvalue weighted by Crippen LogP contribution is 2.26. The van der Waals surface area contributed by atoms with Gasteiger partial charge in [-0.3, -0.25) is 0 Å². The minimum Gasteiger partial charge on any atom is -0.498 e. The van der Waals surface area contributed by atoms with Crippen LogP contribution >= 0.6 is 0 Å². The molecule has 6 nitrogen and oxygen atoms in total. The predicted molar refractivity (Wildman–Crippen MR) is 99.4 cm³/mol. The molecule has 1 aromatic heterocycles. The summed E-state index contributed by atoms with van der Waals surface area (Å²) in [6.07, 6.45) is 1.35. The predicted octanol–water partition coefficient (Wildman–Crippen LogP) is 3.39. The number of carboxylic acids is 1. The Morgan fingerprint density at radius 2 is 1.96 bits per heavy atom. The summed E-state index contributed by atoms with van der Waals surface area (Å²) in [6.45, 7) is 7.72. The number of hydrogen-bond acceptors (Lipinski definition) is 4. The van der Waals surface area contributed by atoms with Gasteiger partial charge < -0.3 is 14.7 Å². The second-order valence-electron chi connectivity index (χ2n) is 5.45. The Hall–Kier alpha value is -3.54. The summed E-state index contributed by atoms with van der Waals surface area (Å²) in [6, 6.07) is 14.8. The Morgan fingerprint density at radius 3 is 2.65 bits per heavy atom. The highest BCUT2D eigenvalue weighted by molar-refractivity contribution is 6.15. The molecule has 0 aliphatic heterocycles. The van der Waals surface area contributed by atoms with Gasteiger partial charge in [0.1, 0.15) is 18.7 Å². The number of ether oxygens (including phenoxy) is 1. The van der Waals surface area contributed by atoms with E-state index in [0.29, 0.717) is 29.0 Å². The molecule has 6 heteroatoms. The van der Waals surface area contributed by atoms with E-state index >= 15 is 0 Å². The van der Waals surface area contributed by atoms with E-state index in [9.17, 15) is 9.90 Å². The standard InChI is InChI=1S/C20H18N2O4/c1-3-25-11-12-26-22-18-13-16(14(2)20(23)24)9-10-17(18)21-19(22)15-7-5-4-6-8-15/h3-10,13H,1-2,11-12H2,(H,23,24). The molecule has 26 heavy (non-hydrogen) atoms. The van der Waals surface area contributed by atoms with Gasteiger partial charge in [0.2, 0.25) is 0 Å². The van der Waals surface area contributed by atoms with Crippen molar-refractivity contribution in [2.75, 3.05) is 13.2 Å². The first-order chi connectivity index (χ1) is 12.6. The summed E-state index contributed by atoms with van der Waals surface area (Å²) in [5, 5.41) is 9.18. The lowest BCUT2D eigenvalue weighted by molar-refractivity contribution is -0.130. The van der Waals surface area contributed by atoms with Gasteiger partial charge in [0, 0.05) is 5.56 Å². The van der Waals surface area contributed by atoms with Crippen molar-refractivity contribution in [3.8, 4) is 11.4 Å². The molecule has 1 N–H and O–H groups in total. The minimum absolute atomic E-state index is 0.0101. The number of aromatic nitrogens is 2. The summed E-state index contributed by atoms with van der Waals surface area (Å²) in [4.78, 5) is 21.7. The van der Waals surface area contributed by atoms with Gasteiger partial charge in [-0.1, -0.05) is 49.6 Å². The third-order valence-corrected chi connectivity index (χ3v) is 3.79. The Labute approximate surface area is 150 Å². The Morgan fingerprint density at radius 1 is 1.19 bits per heavy atom. The maximum atomic E-state index is 11.2. The second kappa shape index (κ2) is 7.57. The number of fused-ring (bicyclic) bond motifs is 1. The summed E-state index contributed by atoms with van der Waals surface area (Å²) < 4.78 is 6.69. The number of imidazole rings is 1. The molecule has 3 rings (SSSR count). The molecule has 0 aliphatic carbocycles. The topological polar surface area (TPSA) is 73.6 Å². The third-order valence-electron chi connectivity index (χ3n) is 3.79. The Bertz CT molecular complexity index is 961. The van der Waals surface area contributed by atoms with Crippen molar-refractivity contribution < 1.29 is 19.5 Å². The van der Waals surface area contributed by atoms with E-state index in [2.05, 4.69) is 18.1 Å². The van der Waals surface area contributed by atoms with E-state index < -0.39 is 5.97 Å². The monoisotopic (exact) mass is 350 g/mol. The molecule has 3 aromatic rings. The number of aliphatic carboxylic acids is 1. The fourth-order valence-corrected chi connectivity index (χ4v) is 2.53. The molecule has 0 saturated heterocycles. The molecule has 0 fully saturated rings. The molecule has 0 bridgehead atoms. The van der Waals surface area contributed by atoms with Crippen LogP contribution < -0.4 is 4.84 Å². The van der Waals surface area contributed by atoms with Crippen LogP contribution in [0.3, 0.4) is 0 Å². The largest absolute Gasteiger partial charge is 0.498 e. The molecule has 0 atom stereocenters. The van der Waals surface area contributed by atoms with Crippen LogP contribution in [0.25, 0.3) is 28.0 Å². The van der Waals surface area contributed by atoms with E-state index in [1.165, 1.54) is 6.26 Å². The van der Waals surface area contributed by atoms with Crippen molar-refractivity contribution in [3.63, 3.8) is 0 Å².